The van der Waals surface area contributed by atoms with Gasteiger partial charge in [0.25, 0.3) is 9.84 Å². The Balaban J connectivity index is 1.15. The van der Waals surface area contributed by atoms with Crippen molar-refractivity contribution in [1.29, 1.82) is 0 Å². The quantitative estimate of drug-likeness (QED) is 0.180. The number of carbonyl (C=O) groups excluding carboxylic acids is 1. The summed E-state index contributed by atoms with van der Waals surface area (Å²) in [5.41, 5.74) is 1.97. The molecular formula is C24H20N4O7S. The van der Waals surface area contributed by atoms with Gasteiger partial charge in [0.15, 0.2) is 0 Å². The Labute approximate surface area is 204 Å². The van der Waals surface area contributed by atoms with Crippen molar-refractivity contribution >= 4 is 37.6 Å². The minimum Gasteiger partial charge on any atom is -0.461 e. The van der Waals surface area contributed by atoms with Gasteiger partial charge in [0.1, 0.15) is 5.69 Å². The van der Waals surface area contributed by atoms with Gasteiger partial charge >= 0.3 is 16.9 Å². The first-order valence-corrected chi connectivity index (χ1v) is 12.5. The number of para-hydroxylation sites is 1. The number of hydrogen-bond acceptors (Lipinski definition) is 9. The van der Waals surface area contributed by atoms with Gasteiger partial charge in [-0.3, -0.25) is 4.63 Å². The average molecular weight is 509 g/mol. The van der Waals surface area contributed by atoms with Gasteiger partial charge in [-0.2, -0.15) is 0 Å². The van der Waals surface area contributed by atoms with E-state index in [1.807, 2.05) is 24.3 Å². The Morgan fingerprint density at radius 2 is 1.75 bits per heavy atom. The molecule has 5 aromatic rings. The molecule has 0 saturated carbocycles. The van der Waals surface area contributed by atoms with Crippen LogP contribution < -0.4 is 9.64 Å². The van der Waals surface area contributed by atoms with E-state index >= 15 is 0 Å². The SMILES string of the molecule is O=C(OCCCCOc1no[n+]([O-])c1S(=O)(=O)c1ccccc1)c1cc2c(cn1)[nH]c1ccccc12. The number of carbonyl (C=O) groups is 1. The fraction of sp³-hybridized carbons (Fsp3) is 0.167. The monoisotopic (exact) mass is 508 g/mol. The van der Waals surface area contributed by atoms with E-state index < -0.39 is 26.7 Å². The molecule has 0 aliphatic carbocycles. The third-order valence-corrected chi connectivity index (χ3v) is 7.19. The van der Waals surface area contributed by atoms with Crippen LogP contribution in [-0.4, -0.2) is 42.7 Å². The number of ether oxygens (including phenoxy) is 2. The van der Waals surface area contributed by atoms with E-state index in [1.165, 1.54) is 24.3 Å². The van der Waals surface area contributed by atoms with Gasteiger partial charge in [-0.25, -0.2) is 18.2 Å². The average Bonchev–Trinajstić information content (AvgIpc) is 3.46. The maximum absolute atomic E-state index is 12.8. The van der Waals surface area contributed by atoms with Crippen LogP contribution in [0.3, 0.4) is 0 Å². The molecule has 3 heterocycles. The molecule has 2 aromatic carbocycles. The zero-order chi connectivity index (χ0) is 25.1. The maximum Gasteiger partial charge on any atom is 0.414 e. The molecule has 11 nitrogen and oxygen atoms in total. The zero-order valence-corrected chi connectivity index (χ0v) is 19.6. The van der Waals surface area contributed by atoms with Crippen molar-refractivity contribution in [2.45, 2.75) is 22.8 Å². The standard InChI is InChI=1S/C24H20N4O7S/c29-24(20-14-18-17-10-4-5-11-19(17)26-21(18)15-25-20)34-13-7-6-12-33-22-23(28(30)35-27-22)36(31,32)16-8-2-1-3-9-16/h1-5,8-11,14-15,26H,6-7,12-13H2. The molecule has 12 heteroatoms. The number of aromatic amines is 1. The molecule has 0 amide bonds. The summed E-state index contributed by atoms with van der Waals surface area (Å²) >= 11 is 0. The van der Waals surface area contributed by atoms with Crippen LogP contribution in [0.1, 0.15) is 23.3 Å². The number of aromatic nitrogens is 4. The summed E-state index contributed by atoms with van der Waals surface area (Å²) < 4.78 is 40.6. The molecule has 184 valence electrons. The molecule has 36 heavy (non-hydrogen) atoms. The van der Waals surface area contributed by atoms with Gasteiger partial charge in [0.05, 0.1) is 35.0 Å². The Morgan fingerprint density at radius 1 is 1.00 bits per heavy atom. The molecule has 0 unspecified atom stereocenters. The van der Waals surface area contributed by atoms with Crippen molar-refractivity contribution in [1.82, 2.24) is 15.1 Å². The predicted octanol–water partition coefficient (Wildman–Crippen LogP) is 3.19. The van der Waals surface area contributed by atoms with Gasteiger partial charge in [0, 0.05) is 16.3 Å². The number of rotatable bonds is 9. The summed E-state index contributed by atoms with van der Waals surface area (Å²) in [6.45, 7) is 0.131. The van der Waals surface area contributed by atoms with Crippen molar-refractivity contribution in [2.75, 3.05) is 13.2 Å². The van der Waals surface area contributed by atoms with Gasteiger partial charge in [-0.15, -0.1) is 0 Å². The smallest absolute Gasteiger partial charge is 0.414 e. The molecule has 0 aliphatic rings. The first-order valence-electron chi connectivity index (χ1n) is 11.0. The molecule has 5 rings (SSSR count). The highest BCUT2D eigenvalue weighted by molar-refractivity contribution is 7.91. The zero-order valence-electron chi connectivity index (χ0n) is 18.8. The minimum atomic E-state index is -4.18. The lowest BCUT2D eigenvalue weighted by molar-refractivity contribution is -0.832. The molecule has 0 saturated heterocycles. The molecule has 0 aliphatic heterocycles. The maximum atomic E-state index is 12.8. The number of sulfone groups is 1. The van der Waals surface area contributed by atoms with E-state index in [4.69, 9.17) is 9.47 Å². The number of pyridine rings is 1. The summed E-state index contributed by atoms with van der Waals surface area (Å²) in [7, 11) is -4.18. The number of nitrogens with one attached hydrogen (secondary N) is 1. The second-order valence-electron chi connectivity index (χ2n) is 7.83. The fourth-order valence-corrected chi connectivity index (χ4v) is 5.01. The summed E-state index contributed by atoms with van der Waals surface area (Å²) in [4.78, 5) is 19.6. The van der Waals surface area contributed by atoms with Crippen LogP contribution in [0.5, 0.6) is 5.88 Å². The summed E-state index contributed by atoms with van der Waals surface area (Å²) in [6, 6.07) is 16.9. The highest BCUT2D eigenvalue weighted by Crippen LogP contribution is 2.26. The fourth-order valence-electron chi connectivity index (χ4n) is 3.71. The van der Waals surface area contributed by atoms with E-state index in [2.05, 4.69) is 19.8 Å². The molecule has 1 N–H and O–H groups in total. The second kappa shape index (κ2) is 9.66. The van der Waals surface area contributed by atoms with Crippen LogP contribution in [0.25, 0.3) is 21.8 Å². The largest absolute Gasteiger partial charge is 0.461 e. The van der Waals surface area contributed by atoms with Crippen molar-refractivity contribution in [3.63, 3.8) is 0 Å². The Morgan fingerprint density at radius 3 is 2.58 bits per heavy atom. The van der Waals surface area contributed by atoms with Crippen LogP contribution in [0.2, 0.25) is 0 Å². The number of fused-ring (bicyclic) bond motifs is 3. The third-order valence-electron chi connectivity index (χ3n) is 5.47. The second-order valence-corrected chi connectivity index (χ2v) is 9.70. The molecule has 0 bridgehead atoms. The van der Waals surface area contributed by atoms with Gasteiger partial charge < -0.3 is 19.7 Å². The van der Waals surface area contributed by atoms with E-state index in [0.29, 0.717) is 12.8 Å². The number of nitrogens with zero attached hydrogens (tertiary/aromatic N) is 3. The van der Waals surface area contributed by atoms with Crippen molar-refractivity contribution in [2.24, 2.45) is 0 Å². The number of esters is 1. The predicted molar refractivity (Wildman–Crippen MR) is 126 cm³/mol. The molecule has 0 fully saturated rings. The van der Waals surface area contributed by atoms with Gasteiger partial charge in [-0.05, 0) is 42.0 Å². The highest BCUT2D eigenvalue weighted by Gasteiger charge is 2.35. The summed E-state index contributed by atoms with van der Waals surface area (Å²) in [5, 5.41) is 16.5. The Kier molecular flexibility index (Phi) is 6.25. The molecule has 0 atom stereocenters. The Hall–Kier alpha value is -4.45. The van der Waals surface area contributed by atoms with E-state index in [-0.39, 0.29) is 28.7 Å². The van der Waals surface area contributed by atoms with Crippen LogP contribution in [-0.2, 0) is 14.6 Å². The van der Waals surface area contributed by atoms with Gasteiger partial charge in [0.2, 0.25) is 0 Å². The van der Waals surface area contributed by atoms with E-state index in [0.717, 1.165) is 21.8 Å². The number of benzene rings is 2. The summed E-state index contributed by atoms with van der Waals surface area (Å²) in [5.74, 6) is -0.981. The number of hydrogen-bond donors (Lipinski definition) is 1. The molecule has 0 spiro atoms. The van der Waals surface area contributed by atoms with Crippen LogP contribution in [0.4, 0.5) is 0 Å². The normalized spacial score (nSPS) is 11.7. The molecular weight excluding hydrogens is 488 g/mol. The lowest BCUT2D eigenvalue weighted by Crippen LogP contribution is -2.31. The number of H-pyrrole nitrogens is 1. The first kappa shape index (κ1) is 23.3. The van der Waals surface area contributed by atoms with E-state index in [9.17, 15) is 18.4 Å². The minimum absolute atomic E-state index is 0.0287. The topological polar surface area (TPSA) is 151 Å². The van der Waals surface area contributed by atoms with Crippen LogP contribution >= 0.6 is 0 Å². The van der Waals surface area contributed by atoms with Crippen LogP contribution in [0, 0.1) is 5.21 Å². The van der Waals surface area contributed by atoms with Crippen molar-refractivity contribution in [3.8, 4) is 5.88 Å². The van der Waals surface area contributed by atoms with Crippen LogP contribution in [0.15, 0.2) is 81.4 Å². The molecule has 0 radical (unpaired) electrons. The van der Waals surface area contributed by atoms with E-state index in [1.54, 1.807) is 18.3 Å². The lowest BCUT2D eigenvalue weighted by Gasteiger charge is -2.05. The third kappa shape index (κ3) is 4.45. The number of unbranched alkanes of at least 4 members (excludes halogenated alkanes) is 1. The highest BCUT2D eigenvalue weighted by atomic mass is 32.2. The Bertz CT molecular complexity index is 1650. The summed E-state index contributed by atoms with van der Waals surface area (Å²) in [6.07, 6.45) is 2.43. The van der Waals surface area contributed by atoms with Crippen molar-refractivity contribution < 1.29 is 32.2 Å². The van der Waals surface area contributed by atoms with Crippen molar-refractivity contribution in [3.05, 3.63) is 77.8 Å². The van der Waals surface area contributed by atoms with Gasteiger partial charge in [-0.1, -0.05) is 36.4 Å². The lowest BCUT2D eigenvalue weighted by atomic mass is 10.1. The first-order chi connectivity index (χ1) is 17.4. The molecule has 3 aromatic heterocycles.